The topological polar surface area (TPSA) is 40.2 Å². The molecule has 0 spiro atoms. The summed E-state index contributed by atoms with van der Waals surface area (Å²) in [6.07, 6.45) is 0.647. The Hall–Kier alpha value is -2.99. The second-order valence-corrected chi connectivity index (χ2v) is 9.89. The van der Waals surface area contributed by atoms with E-state index in [9.17, 15) is 8.78 Å². The van der Waals surface area contributed by atoms with E-state index in [2.05, 4.69) is 52.4 Å². The highest BCUT2D eigenvalue weighted by molar-refractivity contribution is 5.95. The number of halogens is 2. The van der Waals surface area contributed by atoms with Crippen LogP contribution < -0.4 is 15.5 Å². The van der Waals surface area contributed by atoms with Gasteiger partial charge in [-0.05, 0) is 62.0 Å². The molecule has 2 unspecified atom stereocenters. The smallest absolute Gasteiger partial charge is 0.242 e. The summed E-state index contributed by atoms with van der Waals surface area (Å²) < 4.78 is 26.2. The molecule has 0 saturated carbocycles. The Morgan fingerprint density at radius 1 is 1.08 bits per heavy atom. The molecule has 0 bridgehead atoms. The molecule has 2 fully saturated rings. The molecule has 37 heavy (non-hydrogen) atoms. The number of rotatable bonds is 8. The maximum Gasteiger partial charge on any atom is 0.242 e. The van der Waals surface area contributed by atoms with Crippen LogP contribution in [0.25, 0.3) is 22.2 Å². The molecule has 2 aliphatic heterocycles. The zero-order valence-corrected chi connectivity index (χ0v) is 22.4. The molecule has 3 heterocycles. The lowest BCUT2D eigenvalue weighted by molar-refractivity contribution is 0.149. The zero-order chi connectivity index (χ0) is 26.4. The Morgan fingerprint density at radius 3 is 2.54 bits per heavy atom. The number of alkyl halides is 2. The van der Waals surface area contributed by atoms with Crippen molar-refractivity contribution in [2.45, 2.75) is 46.0 Å². The third-order valence-electron chi connectivity index (χ3n) is 7.48. The van der Waals surface area contributed by atoms with Crippen molar-refractivity contribution in [1.82, 2.24) is 15.6 Å². The molecular formula is C31H40F2N4. The number of hydrogen-bond donors (Lipinski definition) is 2. The van der Waals surface area contributed by atoms with Crippen LogP contribution in [0.15, 0.2) is 60.8 Å². The van der Waals surface area contributed by atoms with Crippen molar-refractivity contribution in [3.63, 3.8) is 0 Å². The van der Waals surface area contributed by atoms with Crippen molar-refractivity contribution in [2.24, 2.45) is 11.8 Å². The quantitative estimate of drug-likeness (QED) is 0.345. The first-order valence-corrected chi connectivity index (χ1v) is 13.6. The summed E-state index contributed by atoms with van der Waals surface area (Å²) in [6, 6.07) is 16.4. The third kappa shape index (κ3) is 6.30. The normalized spacial score (nSPS) is 19.0. The standard InChI is InChI=1S/C29H34F2N4.C2H6/c1-19-25-18-35(17-23(25)11-13-33-19)28-16-26(22-8-5-20(6-9-22)4-3-12-32-2)34-27-14-21(15-29(30)31)7-10-24(27)28;1-2/h5-10,14,16,23,25,29,32-33H,1,3-4,11-13,15,17-18H2,2H3;1-2H3. The minimum atomic E-state index is -2.37. The van der Waals surface area contributed by atoms with E-state index in [4.69, 9.17) is 4.98 Å². The molecule has 198 valence electrons. The van der Waals surface area contributed by atoms with Gasteiger partial charge in [0.25, 0.3) is 0 Å². The molecule has 5 rings (SSSR count). The Balaban J connectivity index is 0.00000156. The van der Waals surface area contributed by atoms with E-state index in [0.29, 0.717) is 17.4 Å². The molecule has 3 aromatic rings. The van der Waals surface area contributed by atoms with Crippen LogP contribution in [0, 0.1) is 11.8 Å². The van der Waals surface area contributed by atoms with Crippen molar-refractivity contribution in [3.05, 3.63) is 71.9 Å². The third-order valence-corrected chi connectivity index (χ3v) is 7.48. The van der Waals surface area contributed by atoms with Gasteiger partial charge in [-0.1, -0.05) is 56.8 Å². The largest absolute Gasteiger partial charge is 0.389 e. The summed E-state index contributed by atoms with van der Waals surface area (Å²) >= 11 is 0. The number of fused-ring (bicyclic) bond motifs is 2. The van der Waals surface area contributed by atoms with Gasteiger partial charge in [0.15, 0.2) is 0 Å². The Labute approximate surface area is 220 Å². The lowest BCUT2D eigenvalue weighted by Crippen LogP contribution is -2.33. The monoisotopic (exact) mass is 506 g/mol. The summed E-state index contributed by atoms with van der Waals surface area (Å²) in [7, 11) is 1.97. The van der Waals surface area contributed by atoms with E-state index < -0.39 is 6.43 Å². The number of piperidine rings is 1. The highest BCUT2D eigenvalue weighted by Crippen LogP contribution is 2.39. The van der Waals surface area contributed by atoms with Crippen LogP contribution in [-0.4, -0.2) is 44.6 Å². The van der Waals surface area contributed by atoms with Gasteiger partial charge in [-0.25, -0.2) is 13.8 Å². The molecular weight excluding hydrogens is 466 g/mol. The maximum absolute atomic E-state index is 13.1. The zero-order valence-electron chi connectivity index (χ0n) is 22.4. The first kappa shape index (κ1) is 27.1. The fourth-order valence-corrected chi connectivity index (χ4v) is 5.59. The molecule has 2 atom stereocenters. The number of anilines is 1. The molecule has 2 N–H and O–H groups in total. The molecule has 4 nitrogen and oxygen atoms in total. The lowest BCUT2D eigenvalue weighted by atomic mass is 9.87. The van der Waals surface area contributed by atoms with Gasteiger partial charge in [0.1, 0.15) is 0 Å². The van der Waals surface area contributed by atoms with E-state index >= 15 is 0 Å². The Kier molecular flexibility index (Phi) is 9.14. The fourth-order valence-electron chi connectivity index (χ4n) is 5.59. The van der Waals surface area contributed by atoms with Gasteiger partial charge in [-0.2, -0.15) is 0 Å². The number of aryl methyl sites for hydroxylation is 1. The van der Waals surface area contributed by atoms with Crippen molar-refractivity contribution in [1.29, 1.82) is 0 Å². The van der Waals surface area contributed by atoms with Crippen molar-refractivity contribution < 1.29 is 8.78 Å². The first-order chi connectivity index (χ1) is 18.0. The Morgan fingerprint density at radius 2 is 1.84 bits per heavy atom. The van der Waals surface area contributed by atoms with Gasteiger partial charge in [0.2, 0.25) is 6.43 Å². The number of nitrogens with one attached hydrogen (secondary N) is 2. The van der Waals surface area contributed by atoms with E-state index in [1.165, 1.54) is 5.56 Å². The van der Waals surface area contributed by atoms with E-state index in [1.807, 2.05) is 39.1 Å². The van der Waals surface area contributed by atoms with Gasteiger partial charge < -0.3 is 15.5 Å². The summed E-state index contributed by atoms with van der Waals surface area (Å²) in [6.45, 7) is 12.1. The minimum Gasteiger partial charge on any atom is -0.389 e. The summed E-state index contributed by atoms with van der Waals surface area (Å²) in [5.41, 5.74) is 6.90. The van der Waals surface area contributed by atoms with E-state index in [1.54, 1.807) is 0 Å². The average Bonchev–Trinajstić information content (AvgIpc) is 3.35. The van der Waals surface area contributed by atoms with Crippen LogP contribution in [0.2, 0.25) is 0 Å². The second kappa shape index (κ2) is 12.5. The van der Waals surface area contributed by atoms with Gasteiger partial charge in [-0.3, -0.25) is 0 Å². The predicted octanol–water partition coefficient (Wildman–Crippen LogP) is 6.45. The summed E-state index contributed by atoms with van der Waals surface area (Å²) in [5, 5.41) is 7.65. The van der Waals surface area contributed by atoms with Gasteiger partial charge >= 0.3 is 0 Å². The fraction of sp³-hybridized carbons (Fsp3) is 0.452. The molecule has 1 aromatic heterocycles. The first-order valence-electron chi connectivity index (χ1n) is 13.6. The molecule has 6 heteroatoms. The predicted molar refractivity (Wildman–Crippen MR) is 151 cm³/mol. The number of nitrogens with zero attached hydrogens (tertiary/aromatic N) is 2. The molecule has 2 aromatic carbocycles. The van der Waals surface area contributed by atoms with Gasteiger partial charge in [0.05, 0.1) is 11.2 Å². The molecule has 0 amide bonds. The van der Waals surface area contributed by atoms with Crippen molar-refractivity contribution >= 4 is 16.6 Å². The number of aromatic nitrogens is 1. The molecule has 2 aliphatic rings. The van der Waals surface area contributed by atoms with Crippen molar-refractivity contribution in [3.8, 4) is 11.3 Å². The number of benzene rings is 2. The van der Waals surface area contributed by atoms with Crippen LogP contribution in [0.4, 0.5) is 14.5 Å². The van der Waals surface area contributed by atoms with Gasteiger partial charge in [0, 0.05) is 54.3 Å². The molecule has 0 aliphatic carbocycles. The molecule has 2 saturated heterocycles. The summed E-state index contributed by atoms with van der Waals surface area (Å²) in [4.78, 5) is 7.39. The SMILES string of the molecule is C=C1NCCC2CN(c3cc(-c4ccc(CCCNC)cc4)nc4cc(CC(F)F)ccc34)CC12.CC. The minimum absolute atomic E-state index is 0.252. The van der Waals surface area contributed by atoms with Crippen LogP contribution in [0.3, 0.4) is 0 Å². The van der Waals surface area contributed by atoms with Crippen LogP contribution in [0.1, 0.15) is 37.8 Å². The van der Waals surface area contributed by atoms with Crippen LogP contribution >= 0.6 is 0 Å². The Bertz CT molecular complexity index is 1190. The lowest BCUT2D eigenvalue weighted by Gasteiger charge is -2.27. The van der Waals surface area contributed by atoms with Crippen LogP contribution in [-0.2, 0) is 12.8 Å². The molecule has 0 radical (unpaired) electrons. The van der Waals surface area contributed by atoms with Crippen molar-refractivity contribution in [2.75, 3.05) is 38.1 Å². The van der Waals surface area contributed by atoms with E-state index in [0.717, 1.165) is 79.0 Å². The number of pyridine rings is 1. The second-order valence-electron chi connectivity index (χ2n) is 9.89. The number of hydrogen-bond acceptors (Lipinski definition) is 4. The van der Waals surface area contributed by atoms with Crippen LogP contribution in [0.5, 0.6) is 0 Å². The van der Waals surface area contributed by atoms with Gasteiger partial charge in [-0.15, -0.1) is 0 Å². The highest BCUT2D eigenvalue weighted by atomic mass is 19.3. The average molecular weight is 507 g/mol. The van der Waals surface area contributed by atoms with E-state index in [-0.39, 0.29) is 6.42 Å². The summed E-state index contributed by atoms with van der Waals surface area (Å²) in [5.74, 6) is 1.02. The highest BCUT2D eigenvalue weighted by Gasteiger charge is 2.37. The maximum atomic E-state index is 13.1.